The van der Waals surface area contributed by atoms with Gasteiger partial charge in [0.05, 0.1) is 6.20 Å². The van der Waals surface area contributed by atoms with Crippen LogP contribution in [0.5, 0.6) is 0 Å². The summed E-state index contributed by atoms with van der Waals surface area (Å²) in [6.07, 6.45) is 7.05. The van der Waals surface area contributed by atoms with Crippen molar-refractivity contribution in [1.82, 2.24) is 20.0 Å². The molecule has 2 unspecified atom stereocenters. The van der Waals surface area contributed by atoms with E-state index in [9.17, 15) is 9.59 Å². The number of hydrogen-bond acceptors (Lipinski definition) is 3. The van der Waals surface area contributed by atoms with Gasteiger partial charge in [-0.2, -0.15) is 5.10 Å². The lowest BCUT2D eigenvalue weighted by atomic mass is 10.1. The minimum absolute atomic E-state index is 0.00312. The molecule has 6 nitrogen and oxygen atoms in total. The van der Waals surface area contributed by atoms with E-state index in [-0.39, 0.29) is 23.9 Å². The number of hydrogen-bond donors (Lipinski definition) is 1. The molecule has 0 spiro atoms. The van der Waals surface area contributed by atoms with Crippen LogP contribution in [0.3, 0.4) is 0 Å². The fourth-order valence-corrected chi connectivity index (χ4v) is 3.00. The Balaban J connectivity index is 1.70. The second kappa shape index (κ2) is 5.50. The molecule has 6 heteroatoms. The molecule has 1 saturated heterocycles. The van der Waals surface area contributed by atoms with E-state index in [1.807, 2.05) is 31.3 Å². The van der Waals surface area contributed by atoms with Gasteiger partial charge in [-0.3, -0.25) is 14.3 Å². The third-order valence-electron chi connectivity index (χ3n) is 4.37. The van der Waals surface area contributed by atoms with E-state index in [0.717, 1.165) is 24.8 Å². The molecule has 1 aliphatic carbocycles. The minimum atomic E-state index is -0.309. The molecule has 2 amide bonds. The maximum absolute atomic E-state index is 12.7. The van der Waals surface area contributed by atoms with E-state index in [1.54, 1.807) is 4.68 Å². The standard InChI is InChI=1S/C15H22N4O2/c1-10-7-13(20)17-14(12-3-4-12)15(21)19(10)6-5-11-8-16-18(2)9-11/h8-10,12,14H,3-7H2,1-2H3,(H,17,20). The summed E-state index contributed by atoms with van der Waals surface area (Å²) in [7, 11) is 1.88. The monoisotopic (exact) mass is 290 g/mol. The second-order valence-corrected chi connectivity index (χ2v) is 6.24. The summed E-state index contributed by atoms with van der Waals surface area (Å²) in [4.78, 5) is 26.5. The van der Waals surface area contributed by atoms with E-state index in [0.29, 0.717) is 18.9 Å². The lowest BCUT2D eigenvalue weighted by molar-refractivity contribution is -0.135. The molecule has 0 bridgehead atoms. The Morgan fingerprint density at radius 3 is 2.76 bits per heavy atom. The van der Waals surface area contributed by atoms with E-state index >= 15 is 0 Å². The van der Waals surface area contributed by atoms with Crippen LogP contribution in [-0.4, -0.2) is 45.1 Å². The third-order valence-corrected chi connectivity index (χ3v) is 4.37. The van der Waals surface area contributed by atoms with Crippen LogP contribution in [0.1, 0.15) is 31.7 Å². The number of nitrogens with one attached hydrogen (secondary N) is 1. The van der Waals surface area contributed by atoms with E-state index in [4.69, 9.17) is 0 Å². The van der Waals surface area contributed by atoms with Gasteiger partial charge in [-0.25, -0.2) is 0 Å². The van der Waals surface area contributed by atoms with Gasteiger partial charge in [0.2, 0.25) is 11.8 Å². The summed E-state index contributed by atoms with van der Waals surface area (Å²) in [5.41, 5.74) is 1.11. The van der Waals surface area contributed by atoms with E-state index in [1.165, 1.54) is 0 Å². The molecule has 1 saturated carbocycles. The average Bonchev–Trinajstić information content (AvgIpc) is 3.19. The van der Waals surface area contributed by atoms with Crippen molar-refractivity contribution < 1.29 is 9.59 Å². The first-order chi connectivity index (χ1) is 10.0. The number of aryl methyl sites for hydroxylation is 1. The van der Waals surface area contributed by atoms with Gasteiger partial charge in [0.25, 0.3) is 0 Å². The van der Waals surface area contributed by atoms with Gasteiger partial charge in [0, 0.05) is 32.3 Å². The third kappa shape index (κ3) is 3.09. The first-order valence-electron chi connectivity index (χ1n) is 7.62. The SMILES string of the molecule is CC1CC(=O)NC(C2CC2)C(=O)N1CCc1cnn(C)c1. The molecule has 1 aromatic rings. The number of nitrogens with zero attached hydrogens (tertiary/aromatic N) is 3. The van der Waals surface area contributed by atoms with Crippen molar-refractivity contribution in [2.24, 2.45) is 13.0 Å². The van der Waals surface area contributed by atoms with Gasteiger partial charge in [0.1, 0.15) is 6.04 Å². The molecular formula is C15H22N4O2. The lowest BCUT2D eigenvalue weighted by Crippen LogP contribution is -2.48. The largest absolute Gasteiger partial charge is 0.344 e. The van der Waals surface area contributed by atoms with Gasteiger partial charge in [-0.05, 0) is 37.7 Å². The summed E-state index contributed by atoms with van der Waals surface area (Å²) < 4.78 is 1.76. The van der Waals surface area contributed by atoms with Crippen molar-refractivity contribution in [2.75, 3.05) is 6.54 Å². The van der Waals surface area contributed by atoms with Crippen LogP contribution < -0.4 is 5.32 Å². The Morgan fingerprint density at radius 1 is 1.38 bits per heavy atom. The van der Waals surface area contributed by atoms with Crippen LogP contribution in [-0.2, 0) is 23.1 Å². The van der Waals surface area contributed by atoms with Gasteiger partial charge in [-0.15, -0.1) is 0 Å². The number of rotatable bonds is 4. The highest BCUT2D eigenvalue weighted by molar-refractivity contribution is 5.91. The highest BCUT2D eigenvalue weighted by atomic mass is 16.2. The van der Waals surface area contributed by atoms with Crippen LogP contribution >= 0.6 is 0 Å². The zero-order chi connectivity index (χ0) is 15.0. The molecule has 2 atom stereocenters. The molecular weight excluding hydrogens is 268 g/mol. The minimum Gasteiger partial charge on any atom is -0.344 e. The predicted molar refractivity (Wildman–Crippen MR) is 77.4 cm³/mol. The van der Waals surface area contributed by atoms with Crippen molar-refractivity contribution in [3.8, 4) is 0 Å². The highest BCUT2D eigenvalue weighted by Gasteiger charge is 2.42. The first-order valence-corrected chi connectivity index (χ1v) is 7.62. The first kappa shape index (κ1) is 14.1. The van der Waals surface area contributed by atoms with Crippen LogP contribution in [0.15, 0.2) is 12.4 Å². The molecule has 0 radical (unpaired) electrons. The lowest BCUT2D eigenvalue weighted by Gasteiger charge is -2.28. The fourth-order valence-electron chi connectivity index (χ4n) is 3.00. The number of amides is 2. The quantitative estimate of drug-likeness (QED) is 0.877. The Labute approximate surface area is 124 Å². The zero-order valence-electron chi connectivity index (χ0n) is 12.6. The Bertz CT molecular complexity index is 550. The van der Waals surface area contributed by atoms with Crippen molar-refractivity contribution in [2.45, 2.75) is 44.7 Å². The van der Waals surface area contributed by atoms with Crippen LogP contribution in [0.25, 0.3) is 0 Å². The molecule has 1 aliphatic heterocycles. The topological polar surface area (TPSA) is 67.2 Å². The molecule has 2 aliphatic rings. The van der Waals surface area contributed by atoms with Gasteiger partial charge in [-0.1, -0.05) is 0 Å². The van der Waals surface area contributed by atoms with E-state index < -0.39 is 0 Å². The van der Waals surface area contributed by atoms with Gasteiger partial charge < -0.3 is 10.2 Å². The Kier molecular flexibility index (Phi) is 3.69. The highest BCUT2D eigenvalue weighted by Crippen LogP contribution is 2.34. The fraction of sp³-hybridized carbons (Fsp3) is 0.667. The normalized spacial score (nSPS) is 26.7. The molecule has 1 aromatic heterocycles. The summed E-state index contributed by atoms with van der Waals surface area (Å²) in [5.74, 6) is 0.420. The molecule has 114 valence electrons. The molecule has 21 heavy (non-hydrogen) atoms. The molecule has 2 heterocycles. The molecule has 1 N–H and O–H groups in total. The number of aromatic nitrogens is 2. The maximum atomic E-state index is 12.7. The maximum Gasteiger partial charge on any atom is 0.245 e. The molecule has 3 rings (SSSR count). The smallest absolute Gasteiger partial charge is 0.245 e. The van der Waals surface area contributed by atoms with Crippen molar-refractivity contribution in [3.05, 3.63) is 18.0 Å². The summed E-state index contributed by atoms with van der Waals surface area (Å²) in [6.45, 7) is 2.60. The van der Waals surface area contributed by atoms with Crippen LogP contribution in [0, 0.1) is 5.92 Å². The van der Waals surface area contributed by atoms with Crippen molar-refractivity contribution in [1.29, 1.82) is 0 Å². The zero-order valence-corrected chi connectivity index (χ0v) is 12.6. The second-order valence-electron chi connectivity index (χ2n) is 6.24. The van der Waals surface area contributed by atoms with Crippen molar-refractivity contribution in [3.63, 3.8) is 0 Å². The van der Waals surface area contributed by atoms with E-state index in [2.05, 4.69) is 10.4 Å². The number of carbonyl (C=O) groups is 2. The summed E-state index contributed by atoms with van der Waals surface area (Å²) in [6, 6.07) is -0.353. The molecule has 2 fully saturated rings. The van der Waals surface area contributed by atoms with Crippen LogP contribution in [0.2, 0.25) is 0 Å². The van der Waals surface area contributed by atoms with Crippen molar-refractivity contribution >= 4 is 11.8 Å². The molecule has 0 aromatic carbocycles. The number of carbonyl (C=O) groups excluding carboxylic acids is 2. The Hall–Kier alpha value is -1.85. The summed E-state index contributed by atoms with van der Waals surface area (Å²) >= 11 is 0. The van der Waals surface area contributed by atoms with Gasteiger partial charge >= 0.3 is 0 Å². The Morgan fingerprint density at radius 2 is 2.14 bits per heavy atom. The van der Waals surface area contributed by atoms with Gasteiger partial charge in [0.15, 0.2) is 0 Å². The van der Waals surface area contributed by atoms with Crippen LogP contribution in [0.4, 0.5) is 0 Å². The summed E-state index contributed by atoms with van der Waals surface area (Å²) in [5, 5.41) is 7.06. The predicted octanol–water partition coefficient (Wildman–Crippen LogP) is 0.478. The average molecular weight is 290 g/mol.